The molecule has 3 amide bonds. The topological polar surface area (TPSA) is 136 Å². The van der Waals surface area contributed by atoms with Gasteiger partial charge in [-0.3, -0.25) is 18.9 Å². The summed E-state index contributed by atoms with van der Waals surface area (Å²) >= 11 is 1.01. The summed E-state index contributed by atoms with van der Waals surface area (Å²) < 4.78 is 46.5. The van der Waals surface area contributed by atoms with E-state index in [2.05, 4.69) is 5.32 Å². The highest BCUT2D eigenvalue weighted by molar-refractivity contribution is 7.52. The normalized spacial score (nSPS) is 20.5. The number of amides is 3. The molecule has 3 N–H and O–H groups in total. The van der Waals surface area contributed by atoms with Gasteiger partial charge >= 0.3 is 13.3 Å². The van der Waals surface area contributed by atoms with Crippen LogP contribution in [0.4, 0.5) is 8.78 Å². The number of fused-ring (bicyclic) bond motifs is 1. The fourth-order valence-electron chi connectivity index (χ4n) is 6.09. The van der Waals surface area contributed by atoms with Crippen LogP contribution < -0.4 is 5.32 Å². The van der Waals surface area contributed by atoms with E-state index in [1.165, 1.54) is 12.1 Å². The second-order valence-electron chi connectivity index (χ2n) is 13.2. The number of halogens is 2. The van der Waals surface area contributed by atoms with Crippen LogP contribution in [0.2, 0.25) is 0 Å². The van der Waals surface area contributed by atoms with Crippen molar-refractivity contribution >= 4 is 46.7 Å². The number of likely N-dealkylation sites (tertiary alicyclic amines) is 1. The molecule has 2 fully saturated rings. The van der Waals surface area contributed by atoms with Crippen LogP contribution in [0.15, 0.2) is 54.6 Å². The minimum Gasteiger partial charge on any atom is -0.370 e. The summed E-state index contributed by atoms with van der Waals surface area (Å²) in [4.78, 5) is 63.8. The van der Waals surface area contributed by atoms with Gasteiger partial charge in [0.15, 0.2) is 0 Å². The van der Waals surface area contributed by atoms with Crippen LogP contribution >= 0.6 is 18.9 Å². The van der Waals surface area contributed by atoms with Gasteiger partial charge in [-0.25, -0.2) is 0 Å². The van der Waals surface area contributed by atoms with E-state index in [-0.39, 0.29) is 28.2 Å². The van der Waals surface area contributed by atoms with Gasteiger partial charge in [0.1, 0.15) is 18.2 Å². The minimum atomic E-state index is -5.77. The lowest BCUT2D eigenvalue weighted by Gasteiger charge is -2.40. The molecule has 2 aliphatic heterocycles. The number of nitrogens with one attached hydrogen (secondary N) is 1. The number of rotatable bonds is 7. The molecule has 0 saturated carbocycles. The van der Waals surface area contributed by atoms with Gasteiger partial charge in [0, 0.05) is 23.4 Å². The predicted octanol–water partition coefficient (Wildman–Crippen LogP) is 5.64. The molecule has 3 atom stereocenters. The van der Waals surface area contributed by atoms with Gasteiger partial charge in [-0.15, -0.1) is 11.3 Å². The van der Waals surface area contributed by atoms with Crippen molar-refractivity contribution in [2.24, 2.45) is 5.41 Å². The number of carbonyl (C=O) groups excluding carboxylic acids is 3. The van der Waals surface area contributed by atoms with Crippen molar-refractivity contribution in [3.8, 4) is 0 Å². The van der Waals surface area contributed by atoms with E-state index >= 15 is 0 Å². The Morgan fingerprint density at radius 2 is 1.74 bits per heavy atom. The number of hydrogen-bond donors (Lipinski definition) is 3. The van der Waals surface area contributed by atoms with E-state index < -0.39 is 42.2 Å². The molecule has 14 heteroatoms. The SMILES string of the molecule is CC(C)(C)[C@H](NC(=O)c1cc2cc(C(F)(F)P(=O)(O)O)ccc2s1)C(=O)N1CCCCC[C@H]1C(=O)N1CCO[C@H](c2ccccc2)C1. The van der Waals surface area contributed by atoms with Gasteiger partial charge in [0.05, 0.1) is 18.0 Å². The average molecular weight is 692 g/mol. The molecule has 0 spiro atoms. The van der Waals surface area contributed by atoms with Crippen LogP contribution in [0.3, 0.4) is 0 Å². The third-order valence-electron chi connectivity index (χ3n) is 8.71. The summed E-state index contributed by atoms with van der Waals surface area (Å²) in [5.41, 5.74) is -5.03. The Morgan fingerprint density at radius 3 is 2.43 bits per heavy atom. The van der Waals surface area contributed by atoms with Crippen molar-refractivity contribution in [3.05, 3.63) is 70.6 Å². The lowest BCUT2D eigenvalue weighted by Crippen LogP contribution is -2.60. The summed E-state index contributed by atoms with van der Waals surface area (Å²) in [6.45, 7) is 6.97. The number of hydrogen-bond acceptors (Lipinski definition) is 6. The zero-order valence-electron chi connectivity index (χ0n) is 26.5. The second-order valence-corrected chi connectivity index (χ2v) is 15.9. The maximum atomic E-state index is 14.3. The van der Waals surface area contributed by atoms with Crippen LogP contribution in [0, 0.1) is 5.41 Å². The lowest BCUT2D eigenvalue weighted by atomic mass is 9.85. The molecule has 0 bridgehead atoms. The Labute approximate surface area is 276 Å². The first-order chi connectivity index (χ1) is 22.1. The van der Waals surface area contributed by atoms with Gasteiger partial charge in [-0.2, -0.15) is 8.78 Å². The summed E-state index contributed by atoms with van der Waals surface area (Å²) in [7, 11) is -5.77. The first kappa shape index (κ1) is 35.1. The molecule has 0 aliphatic carbocycles. The van der Waals surface area contributed by atoms with Crippen molar-refractivity contribution in [1.82, 2.24) is 15.1 Å². The molecule has 0 radical (unpaired) electrons. The Kier molecular flexibility index (Phi) is 10.2. The molecule has 2 aromatic carbocycles. The molecule has 2 aliphatic rings. The summed E-state index contributed by atoms with van der Waals surface area (Å²) in [5, 5.41) is 3.06. The van der Waals surface area contributed by atoms with Crippen molar-refractivity contribution in [2.45, 2.75) is 70.3 Å². The van der Waals surface area contributed by atoms with E-state index in [0.29, 0.717) is 43.8 Å². The Morgan fingerprint density at radius 1 is 1.02 bits per heavy atom. The maximum Gasteiger partial charge on any atom is 0.399 e. The van der Waals surface area contributed by atoms with E-state index in [1.807, 2.05) is 51.1 Å². The molecule has 0 unspecified atom stereocenters. The molecule has 1 aromatic heterocycles. The largest absolute Gasteiger partial charge is 0.399 e. The number of benzene rings is 2. The summed E-state index contributed by atoms with van der Waals surface area (Å²) in [6.07, 6.45) is 2.59. The van der Waals surface area contributed by atoms with E-state index in [0.717, 1.165) is 41.9 Å². The summed E-state index contributed by atoms with van der Waals surface area (Å²) in [5.74, 6) is -1.11. The Balaban J connectivity index is 1.36. The zero-order valence-corrected chi connectivity index (χ0v) is 28.2. The van der Waals surface area contributed by atoms with Gasteiger partial charge in [0.25, 0.3) is 5.91 Å². The molecule has 47 heavy (non-hydrogen) atoms. The minimum absolute atomic E-state index is 0.141. The van der Waals surface area contributed by atoms with Gasteiger partial charge in [0.2, 0.25) is 11.8 Å². The molecule has 254 valence electrons. The highest BCUT2D eigenvalue weighted by Crippen LogP contribution is 2.59. The molecule has 10 nitrogen and oxygen atoms in total. The van der Waals surface area contributed by atoms with Crippen LogP contribution in [0.5, 0.6) is 0 Å². The first-order valence-electron chi connectivity index (χ1n) is 15.6. The van der Waals surface area contributed by atoms with Crippen molar-refractivity contribution in [2.75, 3.05) is 26.2 Å². The van der Waals surface area contributed by atoms with Gasteiger partial charge in [-0.05, 0) is 47.4 Å². The monoisotopic (exact) mass is 691 g/mol. The number of nitrogens with zero attached hydrogens (tertiary/aromatic N) is 2. The van der Waals surface area contributed by atoms with E-state index in [1.54, 1.807) is 9.80 Å². The van der Waals surface area contributed by atoms with Crippen LogP contribution in [0.25, 0.3) is 10.1 Å². The van der Waals surface area contributed by atoms with Crippen LogP contribution in [-0.2, 0) is 24.6 Å². The van der Waals surface area contributed by atoms with E-state index in [9.17, 15) is 27.7 Å². The standard InChI is InChI=1S/C33H40F2N3O7PS/c1-32(2,3)28(36-29(39)27-19-22-18-23(13-14-26(22)47-27)33(34,35)46(42,43)44)31(41)38-15-9-5-8-12-24(38)30(40)37-16-17-45-25(20-37)21-10-6-4-7-11-21/h4,6-7,10-11,13-14,18-19,24-25,28H,5,8-9,12,15-17,20H2,1-3H3,(H,36,39)(H2,42,43,44)/t24-,25-,28+/m0/s1. The first-order valence-corrected chi connectivity index (χ1v) is 18.0. The van der Waals surface area contributed by atoms with Crippen molar-refractivity contribution in [3.63, 3.8) is 0 Å². The molecule has 2 saturated heterocycles. The van der Waals surface area contributed by atoms with Gasteiger partial charge < -0.3 is 29.6 Å². The third kappa shape index (κ3) is 7.60. The number of morpholine rings is 1. The molecule has 3 aromatic rings. The van der Waals surface area contributed by atoms with Crippen LogP contribution in [0.1, 0.15) is 73.4 Å². The van der Waals surface area contributed by atoms with Crippen LogP contribution in [-0.4, -0.2) is 75.6 Å². The van der Waals surface area contributed by atoms with Gasteiger partial charge in [-0.1, -0.05) is 70.0 Å². The average Bonchev–Trinajstić information content (AvgIpc) is 3.31. The quantitative estimate of drug-likeness (QED) is 0.273. The summed E-state index contributed by atoms with van der Waals surface area (Å²) in [6, 6.07) is 12.5. The Hall–Kier alpha value is -3.22. The zero-order chi connectivity index (χ0) is 34.1. The fourth-order valence-corrected chi connectivity index (χ4v) is 7.51. The Bertz CT molecular complexity index is 1670. The van der Waals surface area contributed by atoms with Crippen molar-refractivity contribution < 1.29 is 42.3 Å². The molecular weight excluding hydrogens is 651 g/mol. The highest BCUT2D eigenvalue weighted by atomic mass is 32.1. The number of alkyl halides is 2. The lowest BCUT2D eigenvalue weighted by molar-refractivity contribution is -0.152. The molecule has 3 heterocycles. The molecule has 5 rings (SSSR count). The highest BCUT2D eigenvalue weighted by Gasteiger charge is 2.50. The number of thiophene rings is 1. The fraction of sp³-hybridized carbons (Fsp3) is 0.485. The third-order valence-corrected chi connectivity index (χ3v) is 10.8. The second kappa shape index (κ2) is 13.7. The molecular formula is C33H40F2N3O7PS. The smallest absolute Gasteiger partial charge is 0.370 e. The number of carbonyl (C=O) groups is 3. The van der Waals surface area contributed by atoms with E-state index in [4.69, 9.17) is 14.5 Å². The maximum absolute atomic E-state index is 14.3. The number of ether oxygens (including phenoxy) is 1. The van der Waals surface area contributed by atoms with Crippen molar-refractivity contribution in [1.29, 1.82) is 0 Å². The predicted molar refractivity (Wildman–Crippen MR) is 174 cm³/mol.